The summed E-state index contributed by atoms with van der Waals surface area (Å²) in [5.74, 6) is 0.205. The van der Waals surface area contributed by atoms with Crippen molar-refractivity contribution in [1.82, 2.24) is 14.5 Å². The van der Waals surface area contributed by atoms with Gasteiger partial charge in [-0.2, -0.15) is 0 Å². The summed E-state index contributed by atoms with van der Waals surface area (Å²) in [5.41, 5.74) is 0.544. The van der Waals surface area contributed by atoms with Crippen molar-refractivity contribution in [2.45, 2.75) is 44.2 Å². The average molecular weight is 314 g/mol. The molecule has 0 aromatic carbocycles. The van der Waals surface area contributed by atoms with Crippen LogP contribution in [-0.4, -0.2) is 26.6 Å². The number of anilines is 1. The van der Waals surface area contributed by atoms with Crippen molar-refractivity contribution in [2.24, 2.45) is 7.05 Å². The number of rotatable bonds is 2. The molecule has 0 spiro atoms. The van der Waals surface area contributed by atoms with E-state index < -0.39 is 5.82 Å². The number of hydrogen-bond donors (Lipinski definition) is 0. The largest absolute Gasteiger partial charge is 0.336 e. The van der Waals surface area contributed by atoms with Crippen LogP contribution in [0, 0.1) is 5.82 Å². The monoisotopic (exact) mass is 314 g/mol. The van der Waals surface area contributed by atoms with Gasteiger partial charge in [-0.3, -0.25) is 14.3 Å². The molecule has 6 heteroatoms. The zero-order chi connectivity index (χ0) is 16.0. The van der Waals surface area contributed by atoms with Crippen molar-refractivity contribution >= 4 is 5.95 Å². The molecule has 0 amide bonds. The highest BCUT2D eigenvalue weighted by Gasteiger charge is 2.38. The number of piperidine rings is 1. The van der Waals surface area contributed by atoms with Gasteiger partial charge in [-0.1, -0.05) is 0 Å². The quantitative estimate of drug-likeness (QED) is 0.854. The summed E-state index contributed by atoms with van der Waals surface area (Å²) < 4.78 is 15.6. The van der Waals surface area contributed by atoms with E-state index in [-0.39, 0.29) is 5.56 Å². The van der Waals surface area contributed by atoms with Crippen molar-refractivity contribution < 1.29 is 4.39 Å². The molecule has 23 heavy (non-hydrogen) atoms. The molecule has 2 aromatic rings. The van der Waals surface area contributed by atoms with E-state index in [9.17, 15) is 9.18 Å². The van der Waals surface area contributed by atoms with Crippen LogP contribution < -0.4 is 10.5 Å². The Balaban J connectivity index is 1.85. The first kappa shape index (κ1) is 14.4. The molecule has 2 atom stereocenters. The maximum Gasteiger partial charge on any atom is 0.255 e. The maximum absolute atomic E-state index is 14.0. The molecule has 2 aliphatic heterocycles. The van der Waals surface area contributed by atoms with Crippen LogP contribution in [0.15, 0.2) is 29.3 Å². The van der Waals surface area contributed by atoms with E-state index in [4.69, 9.17) is 0 Å². The summed E-state index contributed by atoms with van der Waals surface area (Å²) in [6, 6.07) is 3.85. The van der Waals surface area contributed by atoms with E-state index in [1.807, 2.05) is 0 Å². The van der Waals surface area contributed by atoms with Gasteiger partial charge in [0.15, 0.2) is 5.82 Å². The van der Waals surface area contributed by atoms with E-state index in [1.54, 1.807) is 17.7 Å². The van der Waals surface area contributed by atoms with Crippen LogP contribution in [0.5, 0.6) is 0 Å². The Kier molecular flexibility index (Phi) is 3.39. The molecule has 0 aliphatic carbocycles. The molecule has 2 aromatic heterocycles. The lowest BCUT2D eigenvalue weighted by molar-refractivity contribution is 0.453. The van der Waals surface area contributed by atoms with Crippen molar-refractivity contribution in [3.8, 4) is 11.3 Å². The summed E-state index contributed by atoms with van der Waals surface area (Å²) in [7, 11) is 1.74. The Morgan fingerprint density at radius 2 is 1.96 bits per heavy atom. The molecule has 5 nitrogen and oxygen atoms in total. The highest BCUT2D eigenvalue weighted by molar-refractivity contribution is 5.60. The zero-order valence-corrected chi connectivity index (χ0v) is 13.1. The normalized spacial score (nSPS) is 23.3. The van der Waals surface area contributed by atoms with Crippen LogP contribution in [0.2, 0.25) is 0 Å². The summed E-state index contributed by atoms with van der Waals surface area (Å²) in [6.45, 7) is 0. The zero-order valence-electron chi connectivity index (χ0n) is 13.1. The molecule has 2 bridgehead atoms. The van der Waals surface area contributed by atoms with Crippen LogP contribution >= 0.6 is 0 Å². The lowest BCUT2D eigenvalue weighted by Crippen LogP contribution is -2.43. The summed E-state index contributed by atoms with van der Waals surface area (Å²) in [5, 5.41) is 0. The second-order valence-corrected chi connectivity index (χ2v) is 6.42. The number of hydrogen-bond acceptors (Lipinski definition) is 4. The third-order valence-electron chi connectivity index (χ3n) is 5.09. The second kappa shape index (κ2) is 5.44. The van der Waals surface area contributed by atoms with E-state index in [1.165, 1.54) is 18.7 Å². The first-order chi connectivity index (χ1) is 11.1. The van der Waals surface area contributed by atoms with Gasteiger partial charge < -0.3 is 4.90 Å². The van der Waals surface area contributed by atoms with Crippen molar-refractivity contribution in [2.75, 3.05) is 4.90 Å². The molecule has 4 heterocycles. The molecule has 2 aliphatic rings. The van der Waals surface area contributed by atoms with E-state index in [0.717, 1.165) is 31.9 Å². The van der Waals surface area contributed by atoms with Crippen LogP contribution in [0.1, 0.15) is 32.1 Å². The Hall–Kier alpha value is -2.24. The number of pyridine rings is 1. The maximum atomic E-state index is 14.0. The van der Waals surface area contributed by atoms with Crippen molar-refractivity contribution in [3.05, 3.63) is 40.7 Å². The number of aromatic nitrogens is 3. The molecule has 4 rings (SSSR count). The highest BCUT2D eigenvalue weighted by atomic mass is 19.1. The highest BCUT2D eigenvalue weighted by Crippen LogP contribution is 2.38. The molecule has 0 saturated carbocycles. The smallest absolute Gasteiger partial charge is 0.255 e. The van der Waals surface area contributed by atoms with Gasteiger partial charge in [0, 0.05) is 37.0 Å². The molecular weight excluding hydrogens is 295 g/mol. The predicted molar refractivity (Wildman–Crippen MR) is 85.8 cm³/mol. The van der Waals surface area contributed by atoms with E-state index in [0.29, 0.717) is 29.3 Å². The minimum Gasteiger partial charge on any atom is -0.336 e. The van der Waals surface area contributed by atoms with Crippen molar-refractivity contribution in [1.29, 1.82) is 0 Å². The third-order valence-corrected chi connectivity index (χ3v) is 5.09. The second-order valence-electron chi connectivity index (χ2n) is 6.42. The molecule has 0 N–H and O–H groups in total. The summed E-state index contributed by atoms with van der Waals surface area (Å²) >= 11 is 0. The van der Waals surface area contributed by atoms with Crippen molar-refractivity contribution in [3.63, 3.8) is 0 Å². The predicted octanol–water partition coefficient (Wildman–Crippen LogP) is 2.50. The molecule has 2 fully saturated rings. The first-order valence-electron chi connectivity index (χ1n) is 8.11. The topological polar surface area (TPSA) is 51.0 Å². The average Bonchev–Trinajstić information content (AvgIpc) is 2.79. The van der Waals surface area contributed by atoms with Crippen LogP contribution in [-0.2, 0) is 7.05 Å². The molecule has 120 valence electrons. The molecular formula is C17H19FN4O. The Bertz CT molecular complexity index is 787. The Morgan fingerprint density at radius 1 is 1.22 bits per heavy atom. The van der Waals surface area contributed by atoms with E-state index in [2.05, 4.69) is 14.9 Å². The van der Waals surface area contributed by atoms with Gasteiger partial charge in [-0.05, 0) is 38.2 Å². The van der Waals surface area contributed by atoms with Crippen LogP contribution in [0.4, 0.5) is 10.3 Å². The van der Waals surface area contributed by atoms with Gasteiger partial charge in [-0.15, -0.1) is 0 Å². The van der Waals surface area contributed by atoms with Gasteiger partial charge in [0.1, 0.15) is 0 Å². The molecule has 2 unspecified atom stereocenters. The van der Waals surface area contributed by atoms with Crippen LogP contribution in [0.25, 0.3) is 11.3 Å². The fourth-order valence-electron chi connectivity index (χ4n) is 3.92. The Labute approximate surface area is 133 Å². The third kappa shape index (κ3) is 2.33. The fourth-order valence-corrected chi connectivity index (χ4v) is 3.92. The van der Waals surface area contributed by atoms with Gasteiger partial charge in [0.25, 0.3) is 5.56 Å². The van der Waals surface area contributed by atoms with Gasteiger partial charge >= 0.3 is 0 Å². The first-order valence-corrected chi connectivity index (χ1v) is 8.11. The van der Waals surface area contributed by atoms with Gasteiger partial charge in [-0.25, -0.2) is 9.37 Å². The van der Waals surface area contributed by atoms with Crippen LogP contribution in [0.3, 0.4) is 0 Å². The Morgan fingerprint density at radius 3 is 2.65 bits per heavy atom. The van der Waals surface area contributed by atoms with Gasteiger partial charge in [0.05, 0.1) is 11.9 Å². The van der Waals surface area contributed by atoms with E-state index >= 15 is 0 Å². The molecule has 0 radical (unpaired) electrons. The minimum atomic E-state index is -0.458. The number of nitrogens with zero attached hydrogens (tertiary/aromatic N) is 4. The fraction of sp³-hybridized carbons (Fsp3) is 0.471. The standard InChI is InChI=1S/C17H19FN4O/c1-21-16(23)9-15(13-7-8-19-10-14(13)18)20-17(21)22-11-3-2-4-12(22)6-5-11/h7-12H,2-6H2,1H3. The SMILES string of the molecule is Cn1c(N2C3CCCC2CC3)nc(-c2ccncc2F)cc1=O. The lowest BCUT2D eigenvalue weighted by Gasteiger charge is -2.36. The summed E-state index contributed by atoms with van der Waals surface area (Å²) in [4.78, 5) is 23.1. The summed E-state index contributed by atoms with van der Waals surface area (Å²) in [6.07, 6.45) is 8.47. The molecule has 2 saturated heterocycles. The lowest BCUT2D eigenvalue weighted by atomic mass is 10.0. The number of halogens is 1. The van der Waals surface area contributed by atoms with Gasteiger partial charge in [0.2, 0.25) is 5.95 Å². The minimum absolute atomic E-state index is 0.161. The number of fused-ring (bicyclic) bond motifs is 2.